The predicted molar refractivity (Wildman–Crippen MR) is 151 cm³/mol. The summed E-state index contributed by atoms with van der Waals surface area (Å²) in [5, 5.41) is 0. The summed E-state index contributed by atoms with van der Waals surface area (Å²) in [6, 6.07) is 0. The van der Waals surface area contributed by atoms with Crippen LogP contribution in [0.2, 0.25) is 0 Å². The lowest BCUT2D eigenvalue weighted by molar-refractivity contribution is -0.138. The molecule has 34 heavy (non-hydrogen) atoms. The average molecular weight is 479 g/mol. The van der Waals surface area contributed by atoms with Crippen LogP contribution in [0.25, 0.3) is 0 Å². The number of hydrogen-bond acceptors (Lipinski definition) is 2. The fraction of sp³-hybridized carbons (Fsp3) is 0.906. The number of hydrogen-bond donors (Lipinski definition) is 0. The molecule has 0 aliphatic rings. The van der Waals surface area contributed by atoms with Gasteiger partial charge in [-0.1, -0.05) is 162 Å². The fourth-order valence-corrected chi connectivity index (χ4v) is 4.64. The Morgan fingerprint density at radius 2 is 0.794 bits per heavy atom. The summed E-state index contributed by atoms with van der Waals surface area (Å²) in [5.41, 5.74) is 0. The van der Waals surface area contributed by atoms with Gasteiger partial charge in [0.2, 0.25) is 0 Å². The summed E-state index contributed by atoms with van der Waals surface area (Å²) in [6.07, 6.45) is 39.1. The molecule has 0 spiro atoms. The van der Waals surface area contributed by atoms with Crippen molar-refractivity contribution in [1.29, 1.82) is 0 Å². The maximum Gasteiger partial charge on any atom is 0.310 e. The number of allylic oxidation sites excluding steroid dienone is 1. The van der Waals surface area contributed by atoms with Gasteiger partial charge in [0.05, 0.1) is 6.26 Å². The second-order valence-electron chi connectivity index (χ2n) is 10.5. The first kappa shape index (κ1) is 33.2. The molecule has 0 aromatic carbocycles. The Kier molecular flexibility index (Phi) is 29.5. The van der Waals surface area contributed by atoms with Gasteiger partial charge < -0.3 is 4.74 Å². The number of carbonyl (C=O) groups excluding carboxylic acids is 1. The smallest absolute Gasteiger partial charge is 0.310 e. The van der Waals surface area contributed by atoms with Crippen molar-refractivity contribution in [3.8, 4) is 0 Å². The van der Waals surface area contributed by atoms with Crippen molar-refractivity contribution < 1.29 is 9.53 Å². The molecule has 0 aliphatic carbocycles. The van der Waals surface area contributed by atoms with Crippen LogP contribution in [0, 0.1) is 0 Å². The highest BCUT2D eigenvalue weighted by Crippen LogP contribution is 2.14. The first-order chi connectivity index (χ1) is 16.8. The van der Waals surface area contributed by atoms with Crippen LogP contribution in [0.4, 0.5) is 0 Å². The third-order valence-corrected chi connectivity index (χ3v) is 7.00. The molecular formula is C32H62O2. The van der Waals surface area contributed by atoms with E-state index < -0.39 is 0 Å². The molecule has 0 bridgehead atoms. The molecule has 0 atom stereocenters. The van der Waals surface area contributed by atoms with Crippen LogP contribution in [0.5, 0.6) is 0 Å². The minimum atomic E-state index is -0.0611. The molecular weight excluding hydrogens is 416 g/mol. The minimum Gasteiger partial charge on any atom is -0.435 e. The van der Waals surface area contributed by atoms with E-state index in [1.54, 1.807) is 6.26 Å². The quantitative estimate of drug-likeness (QED) is 0.0634. The minimum absolute atomic E-state index is 0.0611. The predicted octanol–water partition coefficient (Wildman–Crippen LogP) is 11.6. The molecule has 202 valence electrons. The molecule has 0 aromatic rings. The number of unbranched alkanes of at least 4 members (excludes halogenated alkanes) is 24. The normalized spacial score (nSPS) is 11.5. The van der Waals surface area contributed by atoms with Gasteiger partial charge in [-0.3, -0.25) is 4.79 Å². The largest absolute Gasteiger partial charge is 0.435 e. The molecule has 0 unspecified atom stereocenters. The maximum absolute atomic E-state index is 11.8. The van der Waals surface area contributed by atoms with Crippen molar-refractivity contribution in [3.63, 3.8) is 0 Å². The molecule has 0 saturated carbocycles. The topological polar surface area (TPSA) is 26.3 Å². The third-order valence-electron chi connectivity index (χ3n) is 7.00. The van der Waals surface area contributed by atoms with E-state index in [9.17, 15) is 4.79 Å². The molecule has 0 radical (unpaired) electrons. The third kappa shape index (κ3) is 29.2. The lowest BCUT2D eigenvalue weighted by Gasteiger charge is -2.03. The fourth-order valence-electron chi connectivity index (χ4n) is 4.64. The van der Waals surface area contributed by atoms with E-state index in [4.69, 9.17) is 4.74 Å². The number of esters is 1. The second-order valence-corrected chi connectivity index (χ2v) is 10.5. The van der Waals surface area contributed by atoms with Crippen LogP contribution >= 0.6 is 0 Å². The standard InChI is InChI=1S/C32H62O2/c1-3-5-7-9-11-13-15-17-19-21-23-25-27-29-31-34-32(33)30-28-26-24-22-20-18-16-14-12-10-8-6-4-2/h29,31H,3-28,30H2,1-2H3/b31-29+. The molecule has 0 aromatic heterocycles. The van der Waals surface area contributed by atoms with E-state index in [0.717, 1.165) is 19.3 Å². The average Bonchev–Trinajstić information content (AvgIpc) is 2.84. The van der Waals surface area contributed by atoms with Gasteiger partial charge in [-0.15, -0.1) is 0 Å². The summed E-state index contributed by atoms with van der Waals surface area (Å²) in [7, 11) is 0. The Hall–Kier alpha value is -0.790. The van der Waals surface area contributed by atoms with Crippen LogP contribution in [-0.4, -0.2) is 5.97 Å². The number of carbonyl (C=O) groups is 1. The highest BCUT2D eigenvalue weighted by Gasteiger charge is 2.01. The van der Waals surface area contributed by atoms with Crippen molar-refractivity contribution in [2.75, 3.05) is 0 Å². The molecule has 0 amide bonds. The molecule has 2 nitrogen and oxygen atoms in total. The lowest BCUT2D eigenvalue weighted by atomic mass is 10.0. The summed E-state index contributed by atoms with van der Waals surface area (Å²) in [6.45, 7) is 4.56. The Balaban J connectivity index is 3.22. The Bertz CT molecular complexity index is 415. The highest BCUT2D eigenvalue weighted by molar-refractivity contribution is 5.69. The molecule has 0 heterocycles. The van der Waals surface area contributed by atoms with Crippen molar-refractivity contribution in [3.05, 3.63) is 12.3 Å². The SMILES string of the molecule is CCCCCCCCCCCCCC/C=C/OC(=O)CCCCCCCCCCCCCCC. The van der Waals surface area contributed by atoms with Gasteiger partial charge in [-0.2, -0.15) is 0 Å². The van der Waals surface area contributed by atoms with E-state index in [2.05, 4.69) is 13.8 Å². The van der Waals surface area contributed by atoms with Crippen LogP contribution in [0.3, 0.4) is 0 Å². The van der Waals surface area contributed by atoms with E-state index in [-0.39, 0.29) is 5.97 Å². The van der Waals surface area contributed by atoms with Gasteiger partial charge in [-0.05, 0) is 25.3 Å². The van der Waals surface area contributed by atoms with E-state index in [1.807, 2.05) is 6.08 Å². The molecule has 0 saturated heterocycles. The molecule has 0 rings (SSSR count). The maximum atomic E-state index is 11.8. The van der Waals surface area contributed by atoms with Gasteiger partial charge >= 0.3 is 5.97 Å². The molecule has 0 fully saturated rings. The Labute approximate surface area is 215 Å². The van der Waals surface area contributed by atoms with Crippen LogP contribution in [-0.2, 0) is 9.53 Å². The zero-order valence-corrected chi connectivity index (χ0v) is 23.6. The number of rotatable bonds is 28. The Morgan fingerprint density at radius 1 is 0.471 bits per heavy atom. The van der Waals surface area contributed by atoms with Gasteiger partial charge in [0, 0.05) is 6.42 Å². The Morgan fingerprint density at radius 3 is 1.18 bits per heavy atom. The summed E-state index contributed by atoms with van der Waals surface area (Å²) < 4.78 is 5.24. The molecule has 0 N–H and O–H groups in total. The zero-order chi connectivity index (χ0) is 24.8. The van der Waals surface area contributed by atoms with Crippen LogP contribution in [0.1, 0.15) is 187 Å². The summed E-state index contributed by atoms with van der Waals surface area (Å²) >= 11 is 0. The lowest BCUT2D eigenvalue weighted by Crippen LogP contribution is -1.98. The van der Waals surface area contributed by atoms with Gasteiger partial charge in [0.15, 0.2) is 0 Å². The first-order valence-corrected chi connectivity index (χ1v) is 15.7. The van der Waals surface area contributed by atoms with E-state index >= 15 is 0 Å². The molecule has 2 heteroatoms. The van der Waals surface area contributed by atoms with E-state index in [0.29, 0.717) is 6.42 Å². The number of ether oxygens (including phenoxy) is 1. The van der Waals surface area contributed by atoms with E-state index in [1.165, 1.54) is 148 Å². The summed E-state index contributed by atoms with van der Waals surface area (Å²) in [4.78, 5) is 11.8. The van der Waals surface area contributed by atoms with Crippen LogP contribution < -0.4 is 0 Å². The van der Waals surface area contributed by atoms with Crippen molar-refractivity contribution in [2.24, 2.45) is 0 Å². The van der Waals surface area contributed by atoms with Gasteiger partial charge in [-0.25, -0.2) is 0 Å². The van der Waals surface area contributed by atoms with Gasteiger partial charge in [0.25, 0.3) is 0 Å². The molecule has 0 aliphatic heterocycles. The second kappa shape index (κ2) is 30.2. The van der Waals surface area contributed by atoms with Crippen molar-refractivity contribution in [2.45, 2.75) is 187 Å². The first-order valence-electron chi connectivity index (χ1n) is 15.7. The monoisotopic (exact) mass is 478 g/mol. The summed E-state index contributed by atoms with van der Waals surface area (Å²) in [5.74, 6) is -0.0611. The zero-order valence-electron chi connectivity index (χ0n) is 23.6. The van der Waals surface area contributed by atoms with Crippen molar-refractivity contribution >= 4 is 5.97 Å². The van der Waals surface area contributed by atoms with Gasteiger partial charge in [0.1, 0.15) is 0 Å². The highest BCUT2D eigenvalue weighted by atomic mass is 16.5. The van der Waals surface area contributed by atoms with Crippen LogP contribution in [0.15, 0.2) is 12.3 Å². The van der Waals surface area contributed by atoms with Crippen molar-refractivity contribution in [1.82, 2.24) is 0 Å².